The van der Waals surface area contributed by atoms with E-state index in [1.165, 1.54) is 0 Å². The zero-order valence-electron chi connectivity index (χ0n) is 20.7. The Morgan fingerprint density at radius 3 is 2.26 bits per heavy atom. The molecule has 2 rings (SSSR count). The largest absolute Gasteiger partial charge is 0.490 e. The number of unbranched alkanes of at least 4 members (excludes halogenated alkanes) is 1. The first-order valence-corrected chi connectivity index (χ1v) is 12.5. The van der Waals surface area contributed by atoms with Gasteiger partial charge in [0.1, 0.15) is 6.04 Å². The lowest BCUT2D eigenvalue weighted by molar-refractivity contribution is -0.140. The van der Waals surface area contributed by atoms with Crippen molar-refractivity contribution in [3.63, 3.8) is 0 Å². The van der Waals surface area contributed by atoms with Crippen LogP contribution in [0.15, 0.2) is 42.5 Å². The summed E-state index contributed by atoms with van der Waals surface area (Å²) in [6, 6.07) is 12.5. The van der Waals surface area contributed by atoms with E-state index >= 15 is 0 Å². The Hall–Kier alpha value is -2.73. The summed E-state index contributed by atoms with van der Waals surface area (Å²) in [4.78, 5) is 27.7. The Morgan fingerprint density at radius 1 is 0.971 bits per heavy atom. The van der Waals surface area contributed by atoms with Crippen LogP contribution in [0.5, 0.6) is 11.5 Å². The SMILES string of the molecule is CCCCNC(=O)[C@H](C)N(Cc1ccc(Cl)cc1)C(=O)CCc1ccc(OCC)c(OCC)c1. The lowest BCUT2D eigenvalue weighted by atomic mass is 10.1. The Kier molecular flexibility index (Phi) is 11.7. The van der Waals surface area contributed by atoms with E-state index in [9.17, 15) is 9.59 Å². The molecule has 0 aliphatic carbocycles. The van der Waals surface area contributed by atoms with Crippen LogP contribution in [-0.4, -0.2) is 42.5 Å². The molecular weight excluding hydrogens is 452 g/mol. The predicted molar refractivity (Wildman–Crippen MR) is 136 cm³/mol. The number of aryl methyl sites for hydroxylation is 1. The second kappa shape index (κ2) is 14.5. The maximum atomic E-state index is 13.3. The van der Waals surface area contributed by atoms with Crippen LogP contribution in [0.3, 0.4) is 0 Å². The molecule has 0 aliphatic heterocycles. The summed E-state index contributed by atoms with van der Waals surface area (Å²) in [5, 5.41) is 3.57. The molecule has 0 unspecified atom stereocenters. The van der Waals surface area contributed by atoms with E-state index in [-0.39, 0.29) is 18.2 Å². The molecule has 0 radical (unpaired) electrons. The van der Waals surface area contributed by atoms with Crippen LogP contribution in [0.4, 0.5) is 0 Å². The highest BCUT2D eigenvalue weighted by atomic mass is 35.5. The van der Waals surface area contributed by atoms with Gasteiger partial charge < -0.3 is 19.7 Å². The van der Waals surface area contributed by atoms with E-state index in [1.54, 1.807) is 24.0 Å². The maximum absolute atomic E-state index is 13.3. The van der Waals surface area contributed by atoms with Crippen LogP contribution in [0, 0.1) is 0 Å². The van der Waals surface area contributed by atoms with E-state index in [4.69, 9.17) is 21.1 Å². The molecule has 0 aliphatic rings. The Labute approximate surface area is 208 Å². The third kappa shape index (κ3) is 8.56. The van der Waals surface area contributed by atoms with Crippen LogP contribution in [0.1, 0.15) is 58.1 Å². The first kappa shape index (κ1) is 27.5. The average Bonchev–Trinajstić information content (AvgIpc) is 2.83. The van der Waals surface area contributed by atoms with Gasteiger partial charge in [-0.25, -0.2) is 0 Å². The second-order valence-corrected chi connectivity index (χ2v) is 8.55. The molecule has 0 heterocycles. The minimum Gasteiger partial charge on any atom is -0.490 e. The van der Waals surface area contributed by atoms with Gasteiger partial charge in [-0.15, -0.1) is 0 Å². The predicted octanol–water partition coefficient (Wildman–Crippen LogP) is 5.40. The summed E-state index contributed by atoms with van der Waals surface area (Å²) in [5.41, 5.74) is 1.90. The van der Waals surface area contributed by atoms with Crippen LogP contribution >= 0.6 is 11.6 Å². The summed E-state index contributed by atoms with van der Waals surface area (Å²) >= 11 is 6.01. The Bertz CT molecular complexity index is 917. The molecule has 34 heavy (non-hydrogen) atoms. The van der Waals surface area contributed by atoms with Crippen molar-refractivity contribution < 1.29 is 19.1 Å². The van der Waals surface area contributed by atoms with Crippen LogP contribution in [0.25, 0.3) is 0 Å². The van der Waals surface area contributed by atoms with Crippen molar-refractivity contribution in [1.82, 2.24) is 10.2 Å². The van der Waals surface area contributed by atoms with Gasteiger partial charge in [-0.1, -0.05) is 43.1 Å². The maximum Gasteiger partial charge on any atom is 0.242 e. The molecule has 1 atom stereocenters. The van der Waals surface area contributed by atoms with E-state index in [2.05, 4.69) is 12.2 Å². The number of ether oxygens (including phenoxy) is 2. The van der Waals surface area contributed by atoms with Crippen LogP contribution in [-0.2, 0) is 22.6 Å². The second-order valence-electron chi connectivity index (χ2n) is 8.12. The highest BCUT2D eigenvalue weighted by Gasteiger charge is 2.25. The first-order valence-electron chi connectivity index (χ1n) is 12.1. The van der Waals surface area contributed by atoms with Gasteiger partial charge in [0.2, 0.25) is 11.8 Å². The van der Waals surface area contributed by atoms with Crippen molar-refractivity contribution in [3.8, 4) is 11.5 Å². The van der Waals surface area contributed by atoms with E-state index in [1.807, 2.05) is 44.2 Å². The van der Waals surface area contributed by atoms with Crippen LogP contribution < -0.4 is 14.8 Å². The number of hydrogen-bond donors (Lipinski definition) is 1. The van der Waals surface area contributed by atoms with Crippen molar-refractivity contribution in [2.45, 2.75) is 66.0 Å². The zero-order chi connectivity index (χ0) is 24.9. The highest BCUT2D eigenvalue weighted by molar-refractivity contribution is 6.30. The normalized spacial score (nSPS) is 11.6. The molecule has 0 aromatic heterocycles. The fourth-order valence-corrected chi connectivity index (χ4v) is 3.68. The summed E-state index contributed by atoms with van der Waals surface area (Å²) < 4.78 is 11.3. The van der Waals surface area contributed by atoms with Gasteiger partial charge in [0, 0.05) is 24.5 Å². The molecule has 7 heteroatoms. The molecular formula is C27H37ClN2O4. The molecule has 0 saturated heterocycles. The molecule has 2 aromatic rings. The topological polar surface area (TPSA) is 67.9 Å². The molecule has 1 N–H and O–H groups in total. The van der Waals surface area contributed by atoms with Gasteiger partial charge in [-0.2, -0.15) is 0 Å². The number of hydrogen-bond acceptors (Lipinski definition) is 4. The minimum atomic E-state index is -0.584. The van der Waals surface area contributed by atoms with Gasteiger partial charge >= 0.3 is 0 Å². The molecule has 0 bridgehead atoms. The molecule has 0 saturated carbocycles. The number of rotatable bonds is 14. The lowest BCUT2D eigenvalue weighted by Gasteiger charge is -2.29. The van der Waals surface area contributed by atoms with Gasteiger partial charge in [-0.3, -0.25) is 9.59 Å². The lowest BCUT2D eigenvalue weighted by Crippen LogP contribution is -2.47. The van der Waals surface area contributed by atoms with E-state index in [0.717, 1.165) is 24.0 Å². The standard InChI is InChI=1S/C27H37ClN2O4/c1-5-8-17-29-27(32)20(4)30(19-22-9-13-23(28)14-10-22)26(31)16-12-21-11-15-24(33-6-2)25(18-21)34-7-3/h9-11,13-15,18,20H,5-8,12,16-17,19H2,1-4H3,(H,29,32)/t20-/m0/s1. The Balaban J connectivity index is 2.14. The molecule has 186 valence electrons. The summed E-state index contributed by atoms with van der Waals surface area (Å²) in [5.74, 6) is 1.15. The number of carbonyl (C=O) groups is 2. The fraction of sp³-hybridized carbons (Fsp3) is 0.481. The smallest absolute Gasteiger partial charge is 0.242 e. The van der Waals surface area contributed by atoms with Crippen molar-refractivity contribution in [2.24, 2.45) is 0 Å². The van der Waals surface area contributed by atoms with Gasteiger partial charge in [0.05, 0.1) is 13.2 Å². The quantitative estimate of drug-likeness (QED) is 0.361. The van der Waals surface area contributed by atoms with Gasteiger partial charge in [0.15, 0.2) is 11.5 Å². The Morgan fingerprint density at radius 2 is 1.62 bits per heavy atom. The number of nitrogens with zero attached hydrogens (tertiary/aromatic N) is 1. The fourth-order valence-electron chi connectivity index (χ4n) is 3.55. The number of carbonyl (C=O) groups excluding carboxylic acids is 2. The van der Waals surface area contributed by atoms with Gasteiger partial charge in [-0.05, 0) is 69.0 Å². The zero-order valence-corrected chi connectivity index (χ0v) is 21.5. The summed E-state index contributed by atoms with van der Waals surface area (Å²) in [6.45, 7) is 9.73. The van der Waals surface area contributed by atoms with Crippen molar-refractivity contribution in [2.75, 3.05) is 19.8 Å². The molecule has 6 nitrogen and oxygen atoms in total. The molecule has 2 aromatic carbocycles. The molecule has 0 fully saturated rings. The number of nitrogens with one attached hydrogen (secondary N) is 1. The first-order chi connectivity index (χ1) is 16.4. The van der Waals surface area contributed by atoms with E-state index < -0.39 is 6.04 Å². The minimum absolute atomic E-state index is 0.0834. The monoisotopic (exact) mass is 488 g/mol. The summed E-state index contributed by atoms with van der Waals surface area (Å²) in [6.07, 6.45) is 2.71. The van der Waals surface area contributed by atoms with Crippen molar-refractivity contribution in [3.05, 3.63) is 58.6 Å². The third-order valence-electron chi connectivity index (χ3n) is 5.50. The van der Waals surface area contributed by atoms with E-state index in [0.29, 0.717) is 49.2 Å². The number of amides is 2. The molecule has 0 spiro atoms. The average molecular weight is 489 g/mol. The van der Waals surface area contributed by atoms with Gasteiger partial charge in [0.25, 0.3) is 0 Å². The number of halogens is 1. The molecule has 2 amide bonds. The highest BCUT2D eigenvalue weighted by Crippen LogP contribution is 2.29. The van der Waals surface area contributed by atoms with Crippen molar-refractivity contribution >= 4 is 23.4 Å². The number of benzene rings is 2. The summed E-state index contributed by atoms with van der Waals surface area (Å²) in [7, 11) is 0. The van der Waals surface area contributed by atoms with Crippen LogP contribution in [0.2, 0.25) is 5.02 Å². The third-order valence-corrected chi connectivity index (χ3v) is 5.75. The van der Waals surface area contributed by atoms with Crippen molar-refractivity contribution in [1.29, 1.82) is 0 Å².